The van der Waals surface area contributed by atoms with E-state index in [9.17, 15) is 22.4 Å². The molecule has 0 heterocycles. The van der Waals surface area contributed by atoms with Crippen LogP contribution in [0.2, 0.25) is 0 Å². The van der Waals surface area contributed by atoms with E-state index in [1.165, 1.54) is 0 Å². The highest BCUT2D eigenvalue weighted by Gasteiger charge is 2.41. The second-order valence-electron chi connectivity index (χ2n) is 1.54. The number of hydrogen-bond donors (Lipinski definition) is 1. The van der Waals surface area contributed by atoms with Crippen molar-refractivity contribution in [1.82, 2.24) is 0 Å². The van der Waals surface area contributed by atoms with Crippen molar-refractivity contribution < 1.29 is 27.5 Å². The van der Waals surface area contributed by atoms with Crippen LogP contribution in [-0.2, 0) is 4.79 Å². The first-order valence-corrected chi connectivity index (χ1v) is 3.36. The molecule has 0 saturated carbocycles. The molecule has 2 nitrogen and oxygen atoms in total. The van der Waals surface area contributed by atoms with Gasteiger partial charge in [0.15, 0.2) is 0 Å². The maximum absolute atomic E-state index is 11.9. The highest BCUT2D eigenvalue weighted by molar-refractivity contribution is 8.00. The molecular weight excluding hydrogens is 188 g/mol. The quantitative estimate of drug-likeness (QED) is 0.688. The van der Waals surface area contributed by atoms with E-state index in [1.807, 2.05) is 0 Å². The van der Waals surface area contributed by atoms with Gasteiger partial charge in [-0.2, -0.15) is 8.78 Å². The monoisotopic (exact) mass is 192 g/mol. The molecule has 0 saturated heterocycles. The second-order valence-corrected chi connectivity index (χ2v) is 2.67. The summed E-state index contributed by atoms with van der Waals surface area (Å²) in [6.07, 6.45) is -3.83. The molecule has 7 heteroatoms. The minimum atomic E-state index is -4.27. The molecule has 0 spiro atoms. The Morgan fingerprint density at radius 2 is 2.00 bits per heavy atom. The van der Waals surface area contributed by atoms with Crippen LogP contribution < -0.4 is 0 Å². The highest BCUT2D eigenvalue weighted by atomic mass is 32.2. The van der Waals surface area contributed by atoms with E-state index in [1.54, 1.807) is 0 Å². The number of carboxylic acids is 1. The fourth-order valence-electron chi connectivity index (χ4n) is 0.221. The van der Waals surface area contributed by atoms with E-state index in [0.717, 1.165) is 0 Å². The Morgan fingerprint density at radius 1 is 1.55 bits per heavy atom. The van der Waals surface area contributed by atoms with Gasteiger partial charge in [0.2, 0.25) is 0 Å². The molecule has 0 fully saturated rings. The lowest BCUT2D eigenvalue weighted by atomic mass is 10.7. The van der Waals surface area contributed by atoms with Crippen LogP contribution in [0.25, 0.3) is 0 Å². The van der Waals surface area contributed by atoms with Crippen LogP contribution in [0.5, 0.6) is 0 Å². The molecule has 0 aliphatic carbocycles. The molecule has 11 heavy (non-hydrogen) atoms. The molecule has 0 aromatic rings. The third-order valence-corrected chi connectivity index (χ3v) is 1.60. The van der Waals surface area contributed by atoms with Gasteiger partial charge < -0.3 is 5.11 Å². The van der Waals surface area contributed by atoms with Gasteiger partial charge in [-0.1, -0.05) is 11.8 Å². The summed E-state index contributed by atoms with van der Waals surface area (Å²) in [6.45, 7) is 0. The van der Waals surface area contributed by atoms with Crippen LogP contribution in [-0.4, -0.2) is 28.5 Å². The van der Waals surface area contributed by atoms with E-state index in [4.69, 9.17) is 5.11 Å². The van der Waals surface area contributed by atoms with Gasteiger partial charge >= 0.3 is 17.6 Å². The van der Waals surface area contributed by atoms with E-state index in [0.29, 0.717) is 0 Å². The van der Waals surface area contributed by atoms with Crippen molar-refractivity contribution in [3.05, 3.63) is 0 Å². The smallest absolute Gasteiger partial charge is 0.353 e. The molecule has 0 aromatic carbocycles. The number of thioether (sulfide) groups is 1. The number of rotatable bonds is 4. The lowest BCUT2D eigenvalue weighted by Crippen LogP contribution is -2.23. The predicted octanol–water partition coefficient (Wildman–Crippen LogP) is 1.66. The van der Waals surface area contributed by atoms with Crippen LogP contribution in [0.3, 0.4) is 0 Å². The standard InChI is InChI=1S/C4H4F4O2S/c5-3(6)4(7,8)11-1-2(9)10/h3H,1H2,(H,9,10). The Kier molecular flexibility index (Phi) is 3.64. The maximum Gasteiger partial charge on any atom is 0.353 e. The lowest BCUT2D eigenvalue weighted by molar-refractivity contribution is -0.134. The Morgan fingerprint density at radius 3 is 2.27 bits per heavy atom. The molecule has 0 bridgehead atoms. The van der Waals surface area contributed by atoms with Crippen LogP contribution in [0, 0.1) is 0 Å². The predicted molar refractivity (Wildman–Crippen MR) is 31.0 cm³/mol. The number of carboxylic acid groups (broad SMARTS) is 1. The van der Waals surface area contributed by atoms with Crippen molar-refractivity contribution in [2.75, 3.05) is 5.75 Å². The summed E-state index contributed by atoms with van der Waals surface area (Å²) in [5.41, 5.74) is 0. The normalized spacial score (nSPS) is 12.1. The van der Waals surface area contributed by atoms with Gasteiger partial charge in [0.05, 0.1) is 5.75 Å². The zero-order valence-corrected chi connectivity index (χ0v) is 5.88. The summed E-state index contributed by atoms with van der Waals surface area (Å²) in [5.74, 6) is -2.58. The number of alkyl halides is 4. The Labute approximate surface area is 63.6 Å². The summed E-state index contributed by atoms with van der Waals surface area (Å²) < 4.78 is 46.3. The van der Waals surface area contributed by atoms with E-state index < -0.39 is 35.2 Å². The third-order valence-electron chi connectivity index (χ3n) is 0.642. The number of halogens is 4. The average molecular weight is 192 g/mol. The van der Waals surface area contributed by atoms with Crippen molar-refractivity contribution in [3.8, 4) is 0 Å². The van der Waals surface area contributed by atoms with Crippen LogP contribution >= 0.6 is 11.8 Å². The van der Waals surface area contributed by atoms with Gasteiger partial charge in [-0.3, -0.25) is 4.79 Å². The Hall–Kier alpha value is -0.460. The summed E-state index contributed by atoms with van der Waals surface area (Å²) in [6, 6.07) is 0. The van der Waals surface area contributed by atoms with Crippen molar-refractivity contribution >= 4 is 17.7 Å². The largest absolute Gasteiger partial charge is 0.481 e. The second kappa shape index (κ2) is 3.80. The highest BCUT2D eigenvalue weighted by Crippen LogP contribution is 2.34. The summed E-state index contributed by atoms with van der Waals surface area (Å²) in [4.78, 5) is 9.67. The Balaban J connectivity index is 3.82. The summed E-state index contributed by atoms with van der Waals surface area (Å²) in [7, 11) is 0. The van der Waals surface area contributed by atoms with Gasteiger partial charge in [-0.05, 0) is 0 Å². The molecule has 0 atom stereocenters. The zero-order chi connectivity index (χ0) is 9.07. The minimum Gasteiger partial charge on any atom is -0.481 e. The fraction of sp³-hybridized carbons (Fsp3) is 0.750. The van der Waals surface area contributed by atoms with Gasteiger partial charge in [-0.25, -0.2) is 8.78 Å². The molecule has 0 aliphatic heterocycles. The van der Waals surface area contributed by atoms with Crippen molar-refractivity contribution in [3.63, 3.8) is 0 Å². The first-order valence-electron chi connectivity index (χ1n) is 2.38. The molecule has 0 rings (SSSR count). The molecule has 0 radical (unpaired) electrons. The molecule has 0 aliphatic rings. The number of hydrogen-bond acceptors (Lipinski definition) is 2. The van der Waals surface area contributed by atoms with E-state index in [-0.39, 0.29) is 0 Å². The number of aliphatic carboxylic acids is 1. The van der Waals surface area contributed by atoms with Crippen molar-refractivity contribution in [1.29, 1.82) is 0 Å². The first kappa shape index (κ1) is 10.5. The van der Waals surface area contributed by atoms with Crippen molar-refractivity contribution in [2.24, 2.45) is 0 Å². The minimum absolute atomic E-state index is 0.588. The van der Waals surface area contributed by atoms with Gasteiger partial charge in [0.1, 0.15) is 0 Å². The molecule has 0 unspecified atom stereocenters. The number of carbonyl (C=O) groups is 1. The first-order chi connectivity index (χ1) is 4.86. The van der Waals surface area contributed by atoms with Crippen molar-refractivity contribution in [2.45, 2.75) is 11.7 Å². The Bertz CT molecular complexity index is 149. The topological polar surface area (TPSA) is 37.3 Å². The maximum atomic E-state index is 11.9. The van der Waals surface area contributed by atoms with Gasteiger partial charge in [-0.15, -0.1) is 0 Å². The molecular formula is C4H4F4O2S. The van der Waals surface area contributed by atoms with Crippen LogP contribution in [0.1, 0.15) is 0 Å². The van der Waals surface area contributed by atoms with Crippen LogP contribution in [0.15, 0.2) is 0 Å². The molecule has 0 aromatic heterocycles. The fourth-order valence-corrected chi connectivity index (χ4v) is 0.663. The van der Waals surface area contributed by atoms with Gasteiger partial charge in [0, 0.05) is 0 Å². The van der Waals surface area contributed by atoms with Crippen LogP contribution in [0.4, 0.5) is 17.6 Å². The molecule has 0 amide bonds. The molecule has 66 valence electrons. The lowest BCUT2D eigenvalue weighted by Gasteiger charge is -2.12. The van der Waals surface area contributed by atoms with Gasteiger partial charge in [0.25, 0.3) is 0 Å². The molecule has 1 N–H and O–H groups in total. The SMILES string of the molecule is O=C(O)CSC(F)(F)C(F)F. The summed E-state index contributed by atoms with van der Waals surface area (Å²) in [5, 5.41) is 3.59. The van der Waals surface area contributed by atoms with E-state index in [2.05, 4.69) is 0 Å². The van der Waals surface area contributed by atoms with E-state index >= 15 is 0 Å². The summed E-state index contributed by atoms with van der Waals surface area (Å²) >= 11 is -0.588. The zero-order valence-electron chi connectivity index (χ0n) is 5.06. The average Bonchev–Trinajstić information content (AvgIpc) is 1.84. The third kappa shape index (κ3) is 4.07.